The van der Waals surface area contributed by atoms with Crippen LogP contribution < -0.4 is 11.1 Å². The lowest BCUT2D eigenvalue weighted by molar-refractivity contribution is -0.116. The average Bonchev–Trinajstić information content (AvgIpc) is 2.28. The largest absolute Gasteiger partial charge is 0.478 e. The minimum atomic E-state index is -1.29. The Bertz CT molecular complexity index is 435. The summed E-state index contributed by atoms with van der Waals surface area (Å²) in [6.07, 6.45) is 0.711. The Hall–Kier alpha value is -1.95. The van der Waals surface area contributed by atoms with Crippen LogP contribution >= 0.6 is 0 Å². The van der Waals surface area contributed by atoms with E-state index in [-0.39, 0.29) is 23.6 Å². The van der Waals surface area contributed by atoms with E-state index in [4.69, 9.17) is 10.8 Å². The number of carboxylic acids is 1. The van der Waals surface area contributed by atoms with Crippen LogP contribution in [-0.4, -0.2) is 23.5 Å². The maximum atomic E-state index is 12.9. The Morgan fingerprint density at radius 3 is 2.71 bits per heavy atom. The molecule has 1 aromatic rings. The summed E-state index contributed by atoms with van der Waals surface area (Å²) < 4.78 is 12.9. The number of carboxylic acid groups (broad SMARTS) is 1. The van der Waals surface area contributed by atoms with Crippen molar-refractivity contribution in [3.63, 3.8) is 0 Å². The summed E-state index contributed by atoms with van der Waals surface area (Å²) in [5.74, 6) is -2.30. The van der Waals surface area contributed by atoms with Crippen LogP contribution in [0.25, 0.3) is 0 Å². The lowest BCUT2D eigenvalue weighted by Crippen LogP contribution is -2.16. The topological polar surface area (TPSA) is 92.4 Å². The molecular formula is C11H13FN2O3. The fourth-order valence-electron chi connectivity index (χ4n) is 1.28. The van der Waals surface area contributed by atoms with Crippen molar-refractivity contribution in [1.82, 2.24) is 0 Å². The number of rotatable bonds is 5. The third kappa shape index (κ3) is 3.84. The van der Waals surface area contributed by atoms with Crippen molar-refractivity contribution in [3.05, 3.63) is 29.6 Å². The number of halogens is 1. The summed E-state index contributed by atoms with van der Waals surface area (Å²) in [6, 6.07) is 3.17. The van der Waals surface area contributed by atoms with Crippen molar-refractivity contribution < 1.29 is 19.1 Å². The molecule has 4 N–H and O–H groups in total. The van der Waals surface area contributed by atoms with Gasteiger partial charge in [0.2, 0.25) is 5.91 Å². The summed E-state index contributed by atoms with van der Waals surface area (Å²) in [5, 5.41) is 11.3. The van der Waals surface area contributed by atoms with E-state index in [9.17, 15) is 14.0 Å². The van der Waals surface area contributed by atoms with Gasteiger partial charge in [-0.05, 0) is 31.2 Å². The van der Waals surface area contributed by atoms with Crippen molar-refractivity contribution >= 4 is 17.6 Å². The molecule has 92 valence electrons. The van der Waals surface area contributed by atoms with Gasteiger partial charge in [0, 0.05) is 6.42 Å². The monoisotopic (exact) mass is 240 g/mol. The number of carbonyl (C=O) groups excluding carboxylic acids is 1. The van der Waals surface area contributed by atoms with Gasteiger partial charge in [-0.2, -0.15) is 0 Å². The molecule has 1 amide bonds. The standard InChI is InChI=1S/C11H13FN2O3/c12-7-3-4-9(8(6-7)11(16)17)14-10(15)2-1-5-13/h3-4,6H,1-2,5,13H2,(H,14,15)(H,16,17). The molecule has 0 atom stereocenters. The summed E-state index contributed by atoms with van der Waals surface area (Å²) in [7, 11) is 0. The minimum absolute atomic E-state index is 0.0842. The smallest absolute Gasteiger partial charge is 0.337 e. The maximum absolute atomic E-state index is 12.9. The Balaban J connectivity index is 2.83. The van der Waals surface area contributed by atoms with Gasteiger partial charge in [-0.3, -0.25) is 4.79 Å². The van der Waals surface area contributed by atoms with Gasteiger partial charge in [0.05, 0.1) is 11.3 Å². The first-order valence-electron chi connectivity index (χ1n) is 5.07. The second-order valence-corrected chi connectivity index (χ2v) is 3.44. The van der Waals surface area contributed by atoms with Gasteiger partial charge in [0.25, 0.3) is 0 Å². The summed E-state index contributed by atoms with van der Waals surface area (Å²) in [6.45, 7) is 0.378. The molecule has 1 rings (SSSR count). The van der Waals surface area contributed by atoms with Crippen LogP contribution in [-0.2, 0) is 4.79 Å². The molecule has 0 aliphatic rings. The number of nitrogens with one attached hydrogen (secondary N) is 1. The van der Waals surface area contributed by atoms with Crippen LogP contribution in [0.3, 0.4) is 0 Å². The van der Waals surface area contributed by atoms with E-state index in [0.717, 1.165) is 12.1 Å². The number of hydrogen-bond acceptors (Lipinski definition) is 3. The first-order chi connectivity index (χ1) is 8.04. The van der Waals surface area contributed by atoms with E-state index in [1.807, 2.05) is 0 Å². The Morgan fingerprint density at radius 2 is 2.12 bits per heavy atom. The van der Waals surface area contributed by atoms with Crippen molar-refractivity contribution in [1.29, 1.82) is 0 Å². The molecule has 0 aliphatic heterocycles. The van der Waals surface area contributed by atoms with Gasteiger partial charge in [-0.25, -0.2) is 9.18 Å². The fraction of sp³-hybridized carbons (Fsp3) is 0.273. The number of nitrogens with two attached hydrogens (primary N) is 1. The van der Waals surface area contributed by atoms with Gasteiger partial charge < -0.3 is 16.2 Å². The van der Waals surface area contributed by atoms with Gasteiger partial charge in [0.1, 0.15) is 5.82 Å². The molecule has 1 aromatic carbocycles. The molecule has 0 aromatic heterocycles. The van der Waals surface area contributed by atoms with Crippen molar-refractivity contribution in [2.24, 2.45) is 5.73 Å². The van der Waals surface area contributed by atoms with Crippen molar-refractivity contribution in [2.75, 3.05) is 11.9 Å². The first-order valence-corrected chi connectivity index (χ1v) is 5.07. The van der Waals surface area contributed by atoms with Crippen molar-refractivity contribution in [2.45, 2.75) is 12.8 Å². The number of anilines is 1. The molecule has 17 heavy (non-hydrogen) atoms. The van der Waals surface area contributed by atoms with Gasteiger partial charge in [0.15, 0.2) is 0 Å². The average molecular weight is 240 g/mol. The second kappa shape index (κ2) is 5.95. The highest BCUT2D eigenvalue weighted by atomic mass is 19.1. The van der Waals surface area contributed by atoms with Crippen molar-refractivity contribution in [3.8, 4) is 0 Å². The van der Waals surface area contributed by atoms with E-state index < -0.39 is 11.8 Å². The Labute approximate surface area is 97.4 Å². The van der Waals surface area contributed by atoms with Gasteiger partial charge >= 0.3 is 5.97 Å². The lowest BCUT2D eigenvalue weighted by atomic mass is 10.1. The fourth-order valence-corrected chi connectivity index (χ4v) is 1.28. The molecule has 0 radical (unpaired) electrons. The van der Waals surface area contributed by atoms with Gasteiger partial charge in [-0.1, -0.05) is 0 Å². The van der Waals surface area contributed by atoms with Gasteiger partial charge in [-0.15, -0.1) is 0 Å². The molecule has 5 nitrogen and oxygen atoms in total. The predicted octanol–water partition coefficient (Wildman–Crippen LogP) is 1.20. The van der Waals surface area contributed by atoms with E-state index in [1.54, 1.807) is 0 Å². The van der Waals surface area contributed by atoms with Crippen LogP contribution in [0.5, 0.6) is 0 Å². The van der Waals surface area contributed by atoms with E-state index in [2.05, 4.69) is 5.32 Å². The number of hydrogen-bond donors (Lipinski definition) is 3. The summed E-state index contributed by atoms with van der Waals surface area (Å²) >= 11 is 0. The highest BCUT2D eigenvalue weighted by Gasteiger charge is 2.13. The molecule has 0 fully saturated rings. The zero-order valence-corrected chi connectivity index (χ0v) is 9.07. The van der Waals surface area contributed by atoms with E-state index in [1.165, 1.54) is 6.07 Å². The Kier molecular flexibility index (Phi) is 4.59. The number of aromatic carboxylic acids is 1. The van der Waals surface area contributed by atoms with Crippen LogP contribution in [0.2, 0.25) is 0 Å². The zero-order chi connectivity index (χ0) is 12.8. The van der Waals surface area contributed by atoms with E-state index >= 15 is 0 Å². The van der Waals surface area contributed by atoms with Crippen LogP contribution in [0.1, 0.15) is 23.2 Å². The Morgan fingerprint density at radius 1 is 1.41 bits per heavy atom. The normalized spacial score (nSPS) is 10.0. The lowest BCUT2D eigenvalue weighted by Gasteiger charge is -2.08. The second-order valence-electron chi connectivity index (χ2n) is 3.44. The van der Waals surface area contributed by atoms with Crippen LogP contribution in [0.15, 0.2) is 18.2 Å². The predicted molar refractivity (Wildman–Crippen MR) is 60.3 cm³/mol. The molecule has 0 heterocycles. The zero-order valence-electron chi connectivity index (χ0n) is 9.07. The highest BCUT2D eigenvalue weighted by molar-refractivity contribution is 6.00. The number of benzene rings is 1. The highest BCUT2D eigenvalue weighted by Crippen LogP contribution is 2.17. The third-order valence-corrected chi connectivity index (χ3v) is 2.09. The molecule has 0 unspecified atom stereocenters. The molecule has 6 heteroatoms. The maximum Gasteiger partial charge on any atom is 0.337 e. The summed E-state index contributed by atoms with van der Waals surface area (Å²) in [4.78, 5) is 22.2. The SMILES string of the molecule is NCCCC(=O)Nc1ccc(F)cc1C(=O)O. The number of amides is 1. The summed E-state index contributed by atoms with van der Waals surface area (Å²) in [5.41, 5.74) is 5.06. The quantitative estimate of drug-likeness (QED) is 0.721. The number of carbonyl (C=O) groups is 2. The minimum Gasteiger partial charge on any atom is -0.478 e. The van der Waals surface area contributed by atoms with E-state index in [0.29, 0.717) is 13.0 Å². The molecule has 0 aliphatic carbocycles. The third-order valence-electron chi connectivity index (χ3n) is 2.09. The van der Waals surface area contributed by atoms with Crippen LogP contribution in [0.4, 0.5) is 10.1 Å². The molecule has 0 bridgehead atoms. The molecule has 0 saturated carbocycles. The van der Waals surface area contributed by atoms with Crippen LogP contribution in [0, 0.1) is 5.82 Å². The first kappa shape index (κ1) is 13.1. The molecule has 0 saturated heterocycles. The molecular weight excluding hydrogens is 227 g/mol. The molecule has 0 spiro atoms.